The van der Waals surface area contributed by atoms with Gasteiger partial charge in [-0.2, -0.15) is 0 Å². The number of hydrogen-bond acceptors (Lipinski definition) is 3. The fraction of sp³-hybridized carbons (Fsp3) is 0.350. The van der Waals surface area contributed by atoms with Crippen molar-refractivity contribution in [2.75, 3.05) is 30.4 Å². The Balaban J connectivity index is 1.76. The van der Waals surface area contributed by atoms with Gasteiger partial charge < -0.3 is 15.0 Å². The van der Waals surface area contributed by atoms with E-state index in [-0.39, 0.29) is 5.91 Å². The van der Waals surface area contributed by atoms with Crippen molar-refractivity contribution in [1.82, 2.24) is 0 Å². The first-order chi connectivity index (χ1) is 12.5. The van der Waals surface area contributed by atoms with Crippen molar-refractivity contribution in [1.29, 1.82) is 0 Å². The minimum Gasteiger partial charge on any atom is -0.496 e. The molecule has 2 aromatic rings. The number of hydrogen-bond donors (Lipinski definition) is 1. The highest BCUT2D eigenvalue weighted by atomic mass is 35.5. The molecule has 0 radical (unpaired) electrons. The fourth-order valence-corrected chi connectivity index (χ4v) is 3.62. The van der Waals surface area contributed by atoms with Crippen LogP contribution in [0.2, 0.25) is 10.0 Å². The molecule has 0 saturated carbocycles. The molecule has 1 fully saturated rings. The molecule has 1 aliphatic rings. The minimum atomic E-state index is -0.292. The van der Waals surface area contributed by atoms with E-state index in [2.05, 4.69) is 17.1 Å². The van der Waals surface area contributed by atoms with Crippen molar-refractivity contribution in [3.8, 4) is 5.75 Å². The molecule has 1 saturated heterocycles. The largest absolute Gasteiger partial charge is 0.496 e. The lowest BCUT2D eigenvalue weighted by atomic mass is 9.99. The van der Waals surface area contributed by atoms with Gasteiger partial charge in [-0.1, -0.05) is 30.1 Å². The van der Waals surface area contributed by atoms with E-state index in [1.165, 1.54) is 20.0 Å². The second kappa shape index (κ2) is 8.19. The normalized spacial score (nSPS) is 15.0. The average molecular weight is 393 g/mol. The standard InChI is InChI=1S/C20H22Cl2N2O2/c1-13-7-9-24(10-8-13)18-5-4-15(12-17(18)22)23-20(25)16-11-14(21)3-6-19(16)26-2/h3-6,11-13H,7-10H2,1-2H3,(H,23,25). The van der Waals surface area contributed by atoms with Crippen molar-refractivity contribution in [2.24, 2.45) is 5.92 Å². The second-order valence-corrected chi connectivity index (χ2v) is 7.48. The molecule has 2 aromatic carbocycles. The van der Waals surface area contributed by atoms with E-state index < -0.39 is 0 Å². The second-order valence-electron chi connectivity index (χ2n) is 6.63. The van der Waals surface area contributed by atoms with Gasteiger partial charge in [-0.15, -0.1) is 0 Å². The third kappa shape index (κ3) is 4.25. The number of halogens is 2. The predicted octanol–water partition coefficient (Wildman–Crippen LogP) is 5.49. The van der Waals surface area contributed by atoms with Crippen LogP contribution in [0.4, 0.5) is 11.4 Å². The number of ether oxygens (including phenoxy) is 1. The third-order valence-electron chi connectivity index (χ3n) is 4.74. The lowest BCUT2D eigenvalue weighted by Crippen LogP contribution is -2.32. The number of carbonyl (C=O) groups is 1. The van der Waals surface area contributed by atoms with Crippen LogP contribution in [0.5, 0.6) is 5.75 Å². The van der Waals surface area contributed by atoms with E-state index >= 15 is 0 Å². The summed E-state index contributed by atoms with van der Waals surface area (Å²) in [7, 11) is 1.52. The summed E-state index contributed by atoms with van der Waals surface area (Å²) in [5.74, 6) is 0.938. The summed E-state index contributed by atoms with van der Waals surface area (Å²) in [5.41, 5.74) is 2.03. The molecule has 138 valence electrons. The summed E-state index contributed by atoms with van der Waals surface area (Å²) in [4.78, 5) is 14.9. The molecule has 4 nitrogen and oxygen atoms in total. The molecule has 3 rings (SSSR count). The molecule has 1 aliphatic heterocycles. The first-order valence-corrected chi connectivity index (χ1v) is 9.43. The van der Waals surface area contributed by atoms with Gasteiger partial charge in [0.05, 0.1) is 23.4 Å². The highest BCUT2D eigenvalue weighted by Crippen LogP contribution is 2.32. The molecule has 26 heavy (non-hydrogen) atoms. The highest BCUT2D eigenvalue weighted by molar-refractivity contribution is 6.33. The Morgan fingerprint density at radius 2 is 1.88 bits per heavy atom. The number of nitrogens with zero attached hydrogens (tertiary/aromatic N) is 1. The van der Waals surface area contributed by atoms with Crippen LogP contribution < -0.4 is 15.0 Å². The number of amides is 1. The molecule has 1 N–H and O–H groups in total. The Bertz CT molecular complexity index is 802. The van der Waals surface area contributed by atoms with Gasteiger partial charge in [-0.3, -0.25) is 4.79 Å². The van der Waals surface area contributed by atoms with E-state index in [1.54, 1.807) is 24.3 Å². The van der Waals surface area contributed by atoms with Gasteiger partial charge in [-0.05, 0) is 55.2 Å². The topological polar surface area (TPSA) is 41.6 Å². The molecule has 0 unspecified atom stereocenters. The molecule has 0 aliphatic carbocycles. The smallest absolute Gasteiger partial charge is 0.259 e. The zero-order valence-electron chi connectivity index (χ0n) is 14.9. The number of carbonyl (C=O) groups excluding carboxylic acids is 1. The van der Waals surface area contributed by atoms with Gasteiger partial charge in [0.25, 0.3) is 5.91 Å². The third-order valence-corrected chi connectivity index (χ3v) is 5.27. The molecule has 6 heteroatoms. The summed E-state index contributed by atoms with van der Waals surface area (Å²) in [6, 6.07) is 10.6. The Morgan fingerprint density at radius 1 is 1.15 bits per heavy atom. The summed E-state index contributed by atoms with van der Waals surface area (Å²) in [5, 5.41) is 3.97. The number of benzene rings is 2. The van der Waals surface area contributed by atoms with Crippen molar-refractivity contribution >= 4 is 40.5 Å². The van der Waals surface area contributed by atoms with Gasteiger partial charge >= 0.3 is 0 Å². The van der Waals surface area contributed by atoms with Gasteiger partial charge in [-0.25, -0.2) is 0 Å². The monoisotopic (exact) mass is 392 g/mol. The van der Waals surface area contributed by atoms with Crippen molar-refractivity contribution in [2.45, 2.75) is 19.8 Å². The van der Waals surface area contributed by atoms with Crippen LogP contribution >= 0.6 is 23.2 Å². The molecular weight excluding hydrogens is 371 g/mol. The minimum absolute atomic E-state index is 0.292. The van der Waals surface area contributed by atoms with Crippen LogP contribution in [0.15, 0.2) is 36.4 Å². The summed E-state index contributed by atoms with van der Waals surface area (Å²) in [6.07, 6.45) is 2.34. The molecular formula is C20H22Cl2N2O2. The number of methoxy groups -OCH3 is 1. The lowest BCUT2D eigenvalue weighted by Gasteiger charge is -2.32. The summed E-state index contributed by atoms with van der Waals surface area (Å²) in [6.45, 7) is 4.29. The summed E-state index contributed by atoms with van der Waals surface area (Å²) < 4.78 is 5.24. The zero-order chi connectivity index (χ0) is 18.7. The fourth-order valence-electron chi connectivity index (χ4n) is 3.15. The average Bonchev–Trinajstić information content (AvgIpc) is 2.63. The first-order valence-electron chi connectivity index (χ1n) is 8.67. The van der Waals surface area contributed by atoms with Crippen molar-refractivity contribution in [3.05, 3.63) is 52.0 Å². The SMILES string of the molecule is COc1ccc(Cl)cc1C(=O)Nc1ccc(N2CCC(C)CC2)c(Cl)c1. The van der Waals surface area contributed by atoms with E-state index in [9.17, 15) is 4.79 Å². The van der Waals surface area contributed by atoms with Crippen LogP contribution in [0.3, 0.4) is 0 Å². The number of anilines is 2. The number of piperidine rings is 1. The van der Waals surface area contributed by atoms with Crippen LogP contribution in [-0.2, 0) is 0 Å². The maximum atomic E-state index is 12.6. The Kier molecular flexibility index (Phi) is 5.94. The van der Waals surface area contributed by atoms with E-state index in [0.717, 1.165) is 24.7 Å². The maximum Gasteiger partial charge on any atom is 0.259 e. The van der Waals surface area contributed by atoms with Gasteiger partial charge in [0.1, 0.15) is 5.75 Å². The quantitative estimate of drug-likeness (QED) is 0.747. The number of rotatable bonds is 4. The lowest BCUT2D eigenvalue weighted by molar-refractivity contribution is 0.102. The molecule has 0 spiro atoms. The van der Waals surface area contributed by atoms with Crippen molar-refractivity contribution in [3.63, 3.8) is 0 Å². The summed E-state index contributed by atoms with van der Waals surface area (Å²) >= 11 is 12.5. The van der Waals surface area contributed by atoms with Crippen LogP contribution in [0.1, 0.15) is 30.1 Å². The van der Waals surface area contributed by atoms with Gasteiger partial charge in [0.15, 0.2) is 0 Å². The molecule has 1 amide bonds. The van der Waals surface area contributed by atoms with Crippen LogP contribution in [0, 0.1) is 5.92 Å². The number of nitrogens with one attached hydrogen (secondary N) is 1. The van der Waals surface area contributed by atoms with E-state index in [1.807, 2.05) is 12.1 Å². The Hall–Kier alpha value is -1.91. The zero-order valence-corrected chi connectivity index (χ0v) is 16.4. The van der Waals surface area contributed by atoms with Crippen molar-refractivity contribution < 1.29 is 9.53 Å². The maximum absolute atomic E-state index is 12.6. The first kappa shape index (κ1) is 18.9. The predicted molar refractivity (Wildman–Crippen MR) is 108 cm³/mol. The molecule has 0 aromatic heterocycles. The van der Waals surface area contributed by atoms with Crippen LogP contribution in [0.25, 0.3) is 0 Å². The Labute approximate surface area is 164 Å². The highest BCUT2D eigenvalue weighted by Gasteiger charge is 2.19. The molecule has 0 bridgehead atoms. The van der Waals surface area contributed by atoms with E-state index in [0.29, 0.717) is 27.0 Å². The van der Waals surface area contributed by atoms with Gasteiger partial charge in [0.2, 0.25) is 0 Å². The van der Waals surface area contributed by atoms with Crippen LogP contribution in [-0.4, -0.2) is 26.1 Å². The Morgan fingerprint density at radius 3 is 2.54 bits per heavy atom. The molecule has 0 atom stereocenters. The molecule has 1 heterocycles. The van der Waals surface area contributed by atoms with Gasteiger partial charge in [0, 0.05) is 23.8 Å². The van der Waals surface area contributed by atoms with E-state index in [4.69, 9.17) is 27.9 Å².